The maximum atomic E-state index is 12.2. The van der Waals surface area contributed by atoms with Gasteiger partial charge in [0.05, 0.1) is 0 Å². The van der Waals surface area contributed by atoms with Crippen LogP contribution >= 0.6 is 15.9 Å². The molecule has 0 bridgehead atoms. The van der Waals surface area contributed by atoms with E-state index in [-0.39, 0.29) is 5.91 Å². The standard InChI is InChI=1S/C17H14BrN5O/c18-13-3-5-14(6-4-13)23-16-8-15(21-11-22-16)17(24)20-10-12-2-1-7-19-9-12/h1-9,11H,10H2,(H,20,24)(H,21,22,23). The lowest BCUT2D eigenvalue weighted by Gasteiger charge is -2.08. The zero-order valence-corrected chi connectivity index (χ0v) is 14.2. The lowest BCUT2D eigenvalue weighted by atomic mass is 10.2. The Balaban J connectivity index is 1.65. The Morgan fingerprint density at radius 1 is 1.12 bits per heavy atom. The Morgan fingerprint density at radius 3 is 2.71 bits per heavy atom. The molecule has 2 aromatic heterocycles. The van der Waals surface area contributed by atoms with E-state index in [2.05, 4.69) is 41.5 Å². The molecule has 0 aliphatic carbocycles. The van der Waals surface area contributed by atoms with Gasteiger partial charge in [-0.3, -0.25) is 9.78 Å². The average molecular weight is 384 g/mol. The van der Waals surface area contributed by atoms with Crippen LogP contribution in [0.25, 0.3) is 0 Å². The summed E-state index contributed by atoms with van der Waals surface area (Å²) in [6, 6.07) is 13.0. The molecule has 7 heteroatoms. The van der Waals surface area contributed by atoms with Crippen molar-refractivity contribution in [1.29, 1.82) is 0 Å². The van der Waals surface area contributed by atoms with Gasteiger partial charge >= 0.3 is 0 Å². The number of nitrogens with one attached hydrogen (secondary N) is 2. The quantitative estimate of drug-likeness (QED) is 0.706. The normalized spacial score (nSPS) is 10.2. The highest BCUT2D eigenvalue weighted by atomic mass is 79.9. The third-order valence-electron chi connectivity index (χ3n) is 3.19. The van der Waals surface area contributed by atoms with E-state index < -0.39 is 0 Å². The van der Waals surface area contributed by atoms with Crippen LogP contribution in [-0.4, -0.2) is 20.9 Å². The highest BCUT2D eigenvalue weighted by Crippen LogP contribution is 2.18. The van der Waals surface area contributed by atoms with Gasteiger partial charge in [0.1, 0.15) is 17.8 Å². The van der Waals surface area contributed by atoms with E-state index in [9.17, 15) is 4.79 Å². The molecule has 24 heavy (non-hydrogen) atoms. The second kappa shape index (κ2) is 7.65. The number of hydrogen-bond donors (Lipinski definition) is 2. The van der Waals surface area contributed by atoms with Crippen molar-refractivity contribution in [3.8, 4) is 0 Å². The highest BCUT2D eigenvalue weighted by Gasteiger charge is 2.08. The van der Waals surface area contributed by atoms with Crippen LogP contribution in [-0.2, 0) is 6.54 Å². The lowest BCUT2D eigenvalue weighted by Crippen LogP contribution is -2.24. The van der Waals surface area contributed by atoms with Crippen molar-refractivity contribution < 1.29 is 4.79 Å². The van der Waals surface area contributed by atoms with E-state index in [4.69, 9.17) is 0 Å². The number of hydrogen-bond acceptors (Lipinski definition) is 5. The first-order valence-electron chi connectivity index (χ1n) is 7.22. The first-order chi connectivity index (χ1) is 11.7. The molecule has 120 valence electrons. The summed E-state index contributed by atoms with van der Waals surface area (Å²) in [5, 5.41) is 5.95. The number of halogens is 1. The van der Waals surface area contributed by atoms with Crippen LogP contribution in [0.4, 0.5) is 11.5 Å². The van der Waals surface area contributed by atoms with Gasteiger partial charge in [-0.25, -0.2) is 9.97 Å². The van der Waals surface area contributed by atoms with E-state index in [1.807, 2.05) is 36.4 Å². The molecule has 0 radical (unpaired) electrons. The van der Waals surface area contributed by atoms with Crippen molar-refractivity contribution in [1.82, 2.24) is 20.3 Å². The summed E-state index contributed by atoms with van der Waals surface area (Å²) in [4.78, 5) is 24.4. The summed E-state index contributed by atoms with van der Waals surface area (Å²) in [6.07, 6.45) is 4.76. The van der Waals surface area contributed by atoms with E-state index >= 15 is 0 Å². The molecular formula is C17H14BrN5O. The van der Waals surface area contributed by atoms with Crippen LogP contribution in [0.5, 0.6) is 0 Å². The minimum Gasteiger partial charge on any atom is -0.347 e. The van der Waals surface area contributed by atoms with Gasteiger partial charge in [0.15, 0.2) is 0 Å². The second-order valence-electron chi connectivity index (χ2n) is 4.96. The van der Waals surface area contributed by atoms with Gasteiger partial charge in [0, 0.05) is 35.2 Å². The van der Waals surface area contributed by atoms with Crippen LogP contribution in [0.15, 0.2) is 65.7 Å². The zero-order chi connectivity index (χ0) is 16.8. The number of nitrogens with zero attached hydrogens (tertiary/aromatic N) is 3. The molecule has 2 heterocycles. The van der Waals surface area contributed by atoms with Crippen molar-refractivity contribution in [2.75, 3.05) is 5.32 Å². The number of pyridine rings is 1. The Hall–Kier alpha value is -2.80. The molecule has 0 aliphatic rings. The van der Waals surface area contributed by atoms with Crippen LogP contribution < -0.4 is 10.6 Å². The second-order valence-corrected chi connectivity index (χ2v) is 5.88. The Kier molecular flexibility index (Phi) is 5.12. The summed E-state index contributed by atoms with van der Waals surface area (Å²) in [6.45, 7) is 0.395. The summed E-state index contributed by atoms with van der Waals surface area (Å²) in [7, 11) is 0. The first-order valence-corrected chi connectivity index (χ1v) is 8.02. The van der Waals surface area contributed by atoms with Gasteiger partial charge in [-0.15, -0.1) is 0 Å². The number of aromatic nitrogens is 3. The monoisotopic (exact) mass is 383 g/mol. The summed E-state index contributed by atoms with van der Waals surface area (Å²) in [5.74, 6) is 0.291. The molecule has 6 nitrogen and oxygen atoms in total. The Morgan fingerprint density at radius 2 is 1.96 bits per heavy atom. The first kappa shape index (κ1) is 16.1. The predicted octanol–water partition coefficient (Wildman–Crippen LogP) is 3.31. The van der Waals surface area contributed by atoms with Crippen LogP contribution in [0, 0.1) is 0 Å². The fourth-order valence-electron chi connectivity index (χ4n) is 2.01. The van der Waals surface area contributed by atoms with Crippen LogP contribution in [0.1, 0.15) is 16.1 Å². The van der Waals surface area contributed by atoms with Gasteiger partial charge in [-0.2, -0.15) is 0 Å². The molecule has 0 spiro atoms. The number of amides is 1. The van der Waals surface area contributed by atoms with Crippen LogP contribution in [0.2, 0.25) is 0 Å². The predicted molar refractivity (Wildman–Crippen MR) is 94.9 cm³/mol. The van der Waals surface area contributed by atoms with Gasteiger partial charge in [-0.05, 0) is 35.9 Å². The van der Waals surface area contributed by atoms with Gasteiger partial charge in [-0.1, -0.05) is 22.0 Å². The third-order valence-corrected chi connectivity index (χ3v) is 3.72. The minimum atomic E-state index is -0.264. The molecule has 3 aromatic rings. The molecule has 0 fully saturated rings. The molecule has 0 atom stereocenters. The van der Waals surface area contributed by atoms with Crippen molar-refractivity contribution in [3.63, 3.8) is 0 Å². The number of benzene rings is 1. The molecule has 0 saturated carbocycles. The summed E-state index contributed by atoms with van der Waals surface area (Å²) >= 11 is 3.39. The van der Waals surface area contributed by atoms with Gasteiger partial charge < -0.3 is 10.6 Å². The highest BCUT2D eigenvalue weighted by molar-refractivity contribution is 9.10. The topological polar surface area (TPSA) is 79.8 Å². The number of anilines is 2. The van der Waals surface area contributed by atoms with E-state index in [0.717, 1.165) is 15.7 Å². The van der Waals surface area contributed by atoms with E-state index in [1.165, 1.54) is 6.33 Å². The number of rotatable bonds is 5. The average Bonchev–Trinajstić information content (AvgIpc) is 2.63. The number of carbonyl (C=O) groups excluding carboxylic acids is 1. The molecule has 0 aliphatic heterocycles. The van der Waals surface area contributed by atoms with Crippen molar-refractivity contribution in [2.45, 2.75) is 6.54 Å². The molecule has 1 amide bonds. The maximum Gasteiger partial charge on any atom is 0.270 e. The van der Waals surface area contributed by atoms with Crippen molar-refractivity contribution in [2.24, 2.45) is 0 Å². The summed E-state index contributed by atoms with van der Waals surface area (Å²) < 4.78 is 0.992. The molecule has 3 rings (SSSR count). The fraction of sp³-hybridized carbons (Fsp3) is 0.0588. The third kappa shape index (κ3) is 4.36. The Labute approximate surface area is 147 Å². The molecule has 0 saturated heterocycles. The zero-order valence-electron chi connectivity index (χ0n) is 12.6. The van der Waals surface area contributed by atoms with E-state index in [1.54, 1.807) is 18.5 Å². The largest absolute Gasteiger partial charge is 0.347 e. The van der Waals surface area contributed by atoms with Crippen molar-refractivity contribution >= 4 is 33.3 Å². The van der Waals surface area contributed by atoms with Gasteiger partial charge in [0.25, 0.3) is 5.91 Å². The Bertz CT molecular complexity index is 824. The van der Waals surface area contributed by atoms with Crippen LogP contribution in [0.3, 0.4) is 0 Å². The SMILES string of the molecule is O=C(NCc1cccnc1)c1cc(Nc2ccc(Br)cc2)ncn1. The molecule has 0 unspecified atom stereocenters. The number of carbonyl (C=O) groups is 1. The molecule has 2 N–H and O–H groups in total. The fourth-order valence-corrected chi connectivity index (χ4v) is 2.27. The molecule has 1 aromatic carbocycles. The minimum absolute atomic E-state index is 0.264. The van der Waals surface area contributed by atoms with E-state index in [0.29, 0.717) is 18.1 Å². The lowest BCUT2D eigenvalue weighted by molar-refractivity contribution is 0.0946. The van der Waals surface area contributed by atoms with Crippen molar-refractivity contribution in [3.05, 3.63) is 76.9 Å². The maximum absolute atomic E-state index is 12.2. The van der Waals surface area contributed by atoms with Gasteiger partial charge in [0.2, 0.25) is 0 Å². The summed E-state index contributed by atoms with van der Waals surface area (Å²) in [5.41, 5.74) is 2.10. The molecular weight excluding hydrogens is 370 g/mol. The smallest absolute Gasteiger partial charge is 0.270 e.